The predicted octanol–water partition coefficient (Wildman–Crippen LogP) is 3.58. The molecule has 0 bridgehead atoms. The number of nitrogens with zero attached hydrogens (tertiary/aromatic N) is 1. The maximum atomic E-state index is 10.3. The van der Waals surface area contributed by atoms with Gasteiger partial charge in [-0.1, -0.05) is 62.4 Å². The quantitative estimate of drug-likeness (QED) is 0.768. The van der Waals surface area contributed by atoms with Crippen LogP contribution in [0.2, 0.25) is 0 Å². The lowest BCUT2D eigenvalue weighted by Gasteiger charge is -2.27. The van der Waals surface area contributed by atoms with Crippen LogP contribution in [0.25, 0.3) is 0 Å². The summed E-state index contributed by atoms with van der Waals surface area (Å²) in [4.78, 5) is 2.29. The van der Waals surface area contributed by atoms with Gasteiger partial charge in [-0.2, -0.15) is 0 Å². The summed E-state index contributed by atoms with van der Waals surface area (Å²) < 4.78 is 5.65. The van der Waals surface area contributed by atoms with E-state index in [1.54, 1.807) is 0 Å². The highest BCUT2D eigenvalue weighted by molar-refractivity contribution is 5.21. The van der Waals surface area contributed by atoms with Gasteiger partial charge in [0.05, 0.1) is 0 Å². The standard InChI is InChI=1S/C20H27NO2/c1-17(2)13-21(14-18-9-5-3-6-10-18)15-19(22)16-23-20-11-7-4-8-12-20/h3-12,17,19,22H,13-16H2,1-2H3. The van der Waals surface area contributed by atoms with Gasteiger partial charge in [0, 0.05) is 19.6 Å². The fourth-order valence-electron chi connectivity index (χ4n) is 2.62. The van der Waals surface area contributed by atoms with E-state index in [0.29, 0.717) is 19.1 Å². The monoisotopic (exact) mass is 313 g/mol. The maximum Gasteiger partial charge on any atom is 0.119 e. The van der Waals surface area contributed by atoms with Crippen molar-refractivity contribution in [3.05, 3.63) is 66.2 Å². The third-order valence-electron chi connectivity index (χ3n) is 3.53. The molecule has 23 heavy (non-hydrogen) atoms. The van der Waals surface area contributed by atoms with E-state index in [1.165, 1.54) is 5.56 Å². The maximum absolute atomic E-state index is 10.3. The molecule has 0 aliphatic carbocycles. The first kappa shape index (κ1) is 17.5. The zero-order chi connectivity index (χ0) is 16.5. The predicted molar refractivity (Wildman–Crippen MR) is 94.5 cm³/mol. The van der Waals surface area contributed by atoms with E-state index >= 15 is 0 Å². The molecule has 0 aromatic heterocycles. The molecule has 3 heteroatoms. The molecule has 0 aliphatic rings. The van der Waals surface area contributed by atoms with Crippen molar-refractivity contribution in [2.45, 2.75) is 26.5 Å². The van der Waals surface area contributed by atoms with E-state index in [-0.39, 0.29) is 0 Å². The number of para-hydroxylation sites is 1. The van der Waals surface area contributed by atoms with Crippen LogP contribution < -0.4 is 4.74 Å². The largest absolute Gasteiger partial charge is 0.491 e. The van der Waals surface area contributed by atoms with Crippen LogP contribution in [0.4, 0.5) is 0 Å². The van der Waals surface area contributed by atoms with Crippen LogP contribution in [0, 0.1) is 5.92 Å². The van der Waals surface area contributed by atoms with Gasteiger partial charge in [0.25, 0.3) is 0 Å². The number of benzene rings is 2. The summed E-state index contributed by atoms with van der Waals surface area (Å²) in [6.07, 6.45) is -0.502. The number of aliphatic hydroxyl groups is 1. The van der Waals surface area contributed by atoms with E-state index in [4.69, 9.17) is 4.74 Å². The first-order valence-corrected chi connectivity index (χ1v) is 8.25. The van der Waals surface area contributed by atoms with Crippen molar-refractivity contribution in [1.29, 1.82) is 0 Å². The lowest BCUT2D eigenvalue weighted by molar-refractivity contribution is 0.0615. The minimum absolute atomic E-state index is 0.313. The highest BCUT2D eigenvalue weighted by Gasteiger charge is 2.14. The van der Waals surface area contributed by atoms with E-state index in [9.17, 15) is 5.11 Å². The number of hydrogen-bond acceptors (Lipinski definition) is 3. The van der Waals surface area contributed by atoms with Gasteiger partial charge in [-0.05, 0) is 23.6 Å². The van der Waals surface area contributed by atoms with Crippen molar-refractivity contribution in [3.63, 3.8) is 0 Å². The van der Waals surface area contributed by atoms with Crippen LogP contribution in [0.5, 0.6) is 5.75 Å². The second-order valence-corrected chi connectivity index (χ2v) is 6.35. The van der Waals surface area contributed by atoms with Crippen molar-refractivity contribution in [3.8, 4) is 5.75 Å². The summed E-state index contributed by atoms with van der Waals surface area (Å²) in [6.45, 7) is 7.13. The minimum atomic E-state index is -0.502. The molecule has 1 N–H and O–H groups in total. The van der Waals surface area contributed by atoms with Crippen LogP contribution in [0.1, 0.15) is 19.4 Å². The van der Waals surface area contributed by atoms with Gasteiger partial charge in [0.2, 0.25) is 0 Å². The average molecular weight is 313 g/mol. The first-order chi connectivity index (χ1) is 11.1. The van der Waals surface area contributed by atoms with Crippen LogP contribution in [0.15, 0.2) is 60.7 Å². The summed E-state index contributed by atoms with van der Waals surface area (Å²) >= 11 is 0. The second-order valence-electron chi connectivity index (χ2n) is 6.35. The van der Waals surface area contributed by atoms with Gasteiger partial charge < -0.3 is 9.84 Å². The number of ether oxygens (including phenoxy) is 1. The fourth-order valence-corrected chi connectivity index (χ4v) is 2.62. The Hall–Kier alpha value is -1.84. The molecule has 1 unspecified atom stereocenters. The molecular formula is C20H27NO2. The highest BCUT2D eigenvalue weighted by atomic mass is 16.5. The van der Waals surface area contributed by atoms with Gasteiger partial charge in [-0.15, -0.1) is 0 Å². The van der Waals surface area contributed by atoms with Crippen LogP contribution in [0.3, 0.4) is 0 Å². The molecule has 0 aliphatic heterocycles. The molecule has 124 valence electrons. The SMILES string of the molecule is CC(C)CN(Cc1ccccc1)CC(O)COc1ccccc1. The molecule has 0 heterocycles. The topological polar surface area (TPSA) is 32.7 Å². The molecule has 0 fully saturated rings. The van der Waals surface area contributed by atoms with Gasteiger partial charge in [0.15, 0.2) is 0 Å². The molecule has 3 nitrogen and oxygen atoms in total. The summed E-state index contributed by atoms with van der Waals surface area (Å²) in [5.74, 6) is 1.35. The summed E-state index contributed by atoms with van der Waals surface area (Å²) in [7, 11) is 0. The Morgan fingerprint density at radius 3 is 2.13 bits per heavy atom. The van der Waals surface area contributed by atoms with E-state index in [1.807, 2.05) is 36.4 Å². The van der Waals surface area contributed by atoms with Crippen LogP contribution in [-0.4, -0.2) is 35.8 Å². The first-order valence-electron chi connectivity index (χ1n) is 8.25. The molecule has 0 spiro atoms. The third kappa shape index (κ3) is 6.85. The normalized spacial score (nSPS) is 12.6. The molecule has 0 radical (unpaired) electrons. The zero-order valence-electron chi connectivity index (χ0n) is 14.1. The van der Waals surface area contributed by atoms with Gasteiger partial charge in [-0.25, -0.2) is 0 Å². The second kappa shape index (κ2) is 9.33. The number of hydrogen-bond donors (Lipinski definition) is 1. The van der Waals surface area contributed by atoms with E-state index in [2.05, 4.69) is 43.0 Å². The Bertz CT molecular complexity index is 542. The van der Waals surface area contributed by atoms with E-state index in [0.717, 1.165) is 18.8 Å². The van der Waals surface area contributed by atoms with Gasteiger partial charge in [-0.3, -0.25) is 4.90 Å². The average Bonchev–Trinajstić information content (AvgIpc) is 2.54. The lowest BCUT2D eigenvalue weighted by atomic mass is 10.1. The lowest BCUT2D eigenvalue weighted by Crippen LogP contribution is -2.37. The molecule has 2 aromatic rings. The highest BCUT2D eigenvalue weighted by Crippen LogP contribution is 2.11. The minimum Gasteiger partial charge on any atom is -0.491 e. The summed E-state index contributed by atoms with van der Waals surface area (Å²) in [6, 6.07) is 20.0. The Labute approximate surface area is 139 Å². The summed E-state index contributed by atoms with van der Waals surface area (Å²) in [5.41, 5.74) is 1.27. The molecule has 1 atom stereocenters. The number of aliphatic hydroxyl groups excluding tert-OH is 1. The zero-order valence-corrected chi connectivity index (χ0v) is 14.1. The summed E-state index contributed by atoms with van der Waals surface area (Å²) in [5, 5.41) is 10.3. The van der Waals surface area contributed by atoms with Crippen molar-refractivity contribution in [2.24, 2.45) is 5.92 Å². The Kier molecular flexibility index (Phi) is 7.11. The molecule has 2 aromatic carbocycles. The Morgan fingerprint density at radius 1 is 0.913 bits per heavy atom. The molecule has 0 amide bonds. The van der Waals surface area contributed by atoms with Crippen molar-refractivity contribution in [2.75, 3.05) is 19.7 Å². The molecule has 2 rings (SSSR count). The molecule has 0 saturated heterocycles. The van der Waals surface area contributed by atoms with Crippen LogP contribution >= 0.6 is 0 Å². The van der Waals surface area contributed by atoms with Crippen molar-refractivity contribution < 1.29 is 9.84 Å². The Balaban J connectivity index is 1.86. The molecular weight excluding hydrogens is 286 g/mol. The molecule has 0 saturated carbocycles. The van der Waals surface area contributed by atoms with Gasteiger partial charge in [0.1, 0.15) is 18.5 Å². The fraction of sp³-hybridized carbons (Fsp3) is 0.400. The Morgan fingerprint density at radius 2 is 1.52 bits per heavy atom. The van der Waals surface area contributed by atoms with E-state index < -0.39 is 6.10 Å². The third-order valence-corrected chi connectivity index (χ3v) is 3.53. The smallest absolute Gasteiger partial charge is 0.119 e. The van der Waals surface area contributed by atoms with Crippen molar-refractivity contribution in [1.82, 2.24) is 4.90 Å². The van der Waals surface area contributed by atoms with Crippen LogP contribution in [-0.2, 0) is 6.54 Å². The van der Waals surface area contributed by atoms with Crippen molar-refractivity contribution >= 4 is 0 Å². The number of rotatable bonds is 9. The van der Waals surface area contributed by atoms with Gasteiger partial charge >= 0.3 is 0 Å².